The van der Waals surface area contributed by atoms with Crippen LogP contribution in [0.5, 0.6) is 5.75 Å². The highest BCUT2D eigenvalue weighted by molar-refractivity contribution is 7.89. The molecule has 0 radical (unpaired) electrons. The minimum absolute atomic E-state index is 0.0458. The van der Waals surface area contributed by atoms with Crippen molar-refractivity contribution in [1.82, 2.24) is 9.21 Å². The van der Waals surface area contributed by atoms with E-state index in [1.54, 1.807) is 37.1 Å². The van der Waals surface area contributed by atoms with Gasteiger partial charge in [-0.3, -0.25) is 4.79 Å². The number of ether oxygens (including phenoxy) is 1. The minimum Gasteiger partial charge on any atom is -0.487 e. The molecule has 1 N–H and O–H groups in total. The first-order valence-corrected chi connectivity index (χ1v) is 13.9. The molecule has 0 aliphatic carbocycles. The minimum atomic E-state index is -3.93. The lowest BCUT2D eigenvalue weighted by Crippen LogP contribution is -2.50. The first-order valence-electron chi connectivity index (χ1n) is 12.5. The summed E-state index contributed by atoms with van der Waals surface area (Å²) in [5.74, 6) is -0.0447. The average molecular weight is 523 g/mol. The molecular weight excluding hydrogens is 488 g/mol. The number of carbonyl (C=O) groups is 1. The number of amides is 1. The molecular formula is C29H34N2O5S. The van der Waals surface area contributed by atoms with E-state index in [-0.39, 0.29) is 42.0 Å². The number of nitrogens with zero attached hydrogens (tertiary/aromatic N) is 2. The standard InChI is InChI=1S/C29H34N2O5S/c1-21-18-31(22(2)20-32)37(34,35)28-15-14-25(24-12-8-5-9-13-24)17-26(28)36-27(21)19-30(3)29(33)16-23-10-6-4-7-11-23/h4-15,17,21-22,27,32H,16,18-20H2,1-3H3/t21-,22-,27-/m0/s1. The number of hydrogen-bond donors (Lipinski definition) is 1. The quantitative estimate of drug-likeness (QED) is 0.510. The van der Waals surface area contributed by atoms with E-state index in [0.29, 0.717) is 6.54 Å². The van der Waals surface area contributed by atoms with Crippen LogP contribution in [0.2, 0.25) is 0 Å². The van der Waals surface area contributed by atoms with Crippen molar-refractivity contribution in [1.29, 1.82) is 0 Å². The van der Waals surface area contributed by atoms with Gasteiger partial charge >= 0.3 is 0 Å². The van der Waals surface area contributed by atoms with E-state index in [2.05, 4.69) is 0 Å². The van der Waals surface area contributed by atoms with Crippen LogP contribution in [-0.2, 0) is 21.2 Å². The van der Waals surface area contributed by atoms with E-state index in [0.717, 1.165) is 16.7 Å². The van der Waals surface area contributed by atoms with E-state index in [4.69, 9.17) is 4.74 Å². The summed E-state index contributed by atoms with van der Waals surface area (Å²) in [5.41, 5.74) is 2.70. The molecule has 3 aromatic carbocycles. The second kappa shape index (κ2) is 11.5. The normalized spacial score (nSPS) is 20.1. The summed E-state index contributed by atoms with van der Waals surface area (Å²) in [7, 11) is -2.18. The molecule has 0 spiro atoms. The average Bonchev–Trinajstić information content (AvgIpc) is 2.91. The SMILES string of the molecule is C[C@H]1CN([C@@H](C)CO)S(=O)(=O)c2ccc(-c3ccccc3)cc2O[C@H]1CN(C)C(=O)Cc1ccccc1. The van der Waals surface area contributed by atoms with Gasteiger partial charge in [0, 0.05) is 25.6 Å². The van der Waals surface area contributed by atoms with Gasteiger partial charge < -0.3 is 14.7 Å². The van der Waals surface area contributed by atoms with Gasteiger partial charge in [0.25, 0.3) is 0 Å². The third-order valence-electron chi connectivity index (χ3n) is 6.85. The molecule has 1 amide bonds. The highest BCUT2D eigenvalue weighted by atomic mass is 32.2. The second-order valence-corrected chi connectivity index (χ2v) is 11.6. The van der Waals surface area contributed by atoms with Crippen molar-refractivity contribution in [2.75, 3.05) is 26.7 Å². The highest BCUT2D eigenvalue weighted by Gasteiger charge is 2.38. The first-order chi connectivity index (χ1) is 17.7. The molecule has 0 saturated heterocycles. The Morgan fingerprint density at radius 2 is 1.70 bits per heavy atom. The zero-order chi connectivity index (χ0) is 26.6. The Balaban J connectivity index is 1.69. The van der Waals surface area contributed by atoms with Crippen LogP contribution in [0.1, 0.15) is 19.4 Å². The molecule has 37 heavy (non-hydrogen) atoms. The van der Waals surface area contributed by atoms with E-state index in [1.807, 2.05) is 67.6 Å². The third kappa shape index (κ3) is 6.04. The lowest BCUT2D eigenvalue weighted by molar-refractivity contribution is -0.130. The zero-order valence-electron chi connectivity index (χ0n) is 21.4. The van der Waals surface area contributed by atoms with Gasteiger partial charge in [0.05, 0.1) is 19.6 Å². The van der Waals surface area contributed by atoms with Crippen molar-refractivity contribution in [2.45, 2.75) is 37.3 Å². The number of fused-ring (bicyclic) bond motifs is 1. The number of aliphatic hydroxyl groups is 1. The van der Waals surface area contributed by atoms with Crippen molar-refractivity contribution in [3.63, 3.8) is 0 Å². The number of carbonyl (C=O) groups excluding carboxylic acids is 1. The van der Waals surface area contributed by atoms with Crippen molar-refractivity contribution in [3.8, 4) is 16.9 Å². The fourth-order valence-corrected chi connectivity index (χ4v) is 6.36. The zero-order valence-corrected chi connectivity index (χ0v) is 22.3. The van der Waals surface area contributed by atoms with E-state index in [1.165, 1.54) is 4.31 Å². The van der Waals surface area contributed by atoms with Gasteiger partial charge in [-0.15, -0.1) is 0 Å². The van der Waals surface area contributed by atoms with Crippen molar-refractivity contribution < 1.29 is 23.1 Å². The molecule has 7 nitrogen and oxygen atoms in total. The topological polar surface area (TPSA) is 87.2 Å². The molecule has 196 valence electrons. The fraction of sp³-hybridized carbons (Fsp3) is 0.345. The van der Waals surface area contributed by atoms with Gasteiger partial charge in [0.1, 0.15) is 16.7 Å². The van der Waals surface area contributed by atoms with Gasteiger partial charge in [0.15, 0.2) is 0 Å². The number of rotatable bonds is 7. The van der Waals surface area contributed by atoms with Gasteiger partial charge in [-0.2, -0.15) is 4.31 Å². The monoisotopic (exact) mass is 522 g/mol. The predicted molar refractivity (Wildman–Crippen MR) is 144 cm³/mol. The molecule has 3 aromatic rings. The third-order valence-corrected chi connectivity index (χ3v) is 8.87. The number of hydrogen-bond acceptors (Lipinski definition) is 5. The van der Waals surface area contributed by atoms with Crippen molar-refractivity contribution in [3.05, 3.63) is 84.4 Å². The van der Waals surface area contributed by atoms with Crippen LogP contribution < -0.4 is 4.74 Å². The lowest BCUT2D eigenvalue weighted by Gasteiger charge is -2.37. The molecule has 3 atom stereocenters. The van der Waals surface area contributed by atoms with Crippen molar-refractivity contribution in [2.24, 2.45) is 5.92 Å². The molecule has 1 aliphatic rings. The Morgan fingerprint density at radius 1 is 1.05 bits per heavy atom. The van der Waals surface area contributed by atoms with Crippen LogP contribution in [-0.4, -0.2) is 67.5 Å². The molecule has 1 heterocycles. The Hall–Kier alpha value is -3.20. The molecule has 1 aliphatic heterocycles. The van der Waals surface area contributed by atoms with Crippen LogP contribution in [0.4, 0.5) is 0 Å². The molecule has 0 fully saturated rings. The molecule has 0 unspecified atom stereocenters. The molecule has 0 saturated carbocycles. The Kier molecular flexibility index (Phi) is 8.32. The maximum atomic E-state index is 13.7. The summed E-state index contributed by atoms with van der Waals surface area (Å²) >= 11 is 0. The maximum absolute atomic E-state index is 13.7. The van der Waals surface area contributed by atoms with E-state index >= 15 is 0 Å². The second-order valence-electron chi connectivity index (χ2n) is 9.70. The number of likely N-dealkylation sites (N-methyl/N-ethyl adjacent to an activating group) is 1. The number of sulfonamides is 1. The summed E-state index contributed by atoms with van der Waals surface area (Å²) < 4.78 is 35.1. The summed E-state index contributed by atoms with van der Waals surface area (Å²) in [6.07, 6.45) is -0.187. The summed E-state index contributed by atoms with van der Waals surface area (Å²) in [5, 5.41) is 9.84. The van der Waals surface area contributed by atoms with Crippen LogP contribution in [0.25, 0.3) is 11.1 Å². The lowest BCUT2D eigenvalue weighted by atomic mass is 10.0. The maximum Gasteiger partial charge on any atom is 0.247 e. The first kappa shape index (κ1) is 26.9. The predicted octanol–water partition coefficient (Wildman–Crippen LogP) is 3.82. The largest absolute Gasteiger partial charge is 0.487 e. The van der Waals surface area contributed by atoms with Gasteiger partial charge in [-0.1, -0.05) is 73.7 Å². The van der Waals surface area contributed by atoms with Crippen LogP contribution in [0, 0.1) is 5.92 Å². The van der Waals surface area contributed by atoms with Gasteiger partial charge in [0.2, 0.25) is 15.9 Å². The Labute approximate surface area is 219 Å². The van der Waals surface area contributed by atoms with E-state index in [9.17, 15) is 18.3 Å². The van der Waals surface area contributed by atoms with Gasteiger partial charge in [-0.25, -0.2) is 8.42 Å². The smallest absolute Gasteiger partial charge is 0.247 e. The number of aliphatic hydroxyl groups excluding tert-OH is 1. The summed E-state index contributed by atoms with van der Waals surface area (Å²) in [6.45, 7) is 3.76. The van der Waals surface area contributed by atoms with Crippen LogP contribution in [0.15, 0.2) is 83.8 Å². The van der Waals surface area contributed by atoms with Crippen LogP contribution >= 0.6 is 0 Å². The van der Waals surface area contributed by atoms with Crippen molar-refractivity contribution >= 4 is 15.9 Å². The van der Waals surface area contributed by atoms with Crippen LogP contribution in [0.3, 0.4) is 0 Å². The molecule has 8 heteroatoms. The van der Waals surface area contributed by atoms with E-state index < -0.39 is 22.2 Å². The highest BCUT2D eigenvalue weighted by Crippen LogP contribution is 2.36. The Bertz CT molecular complexity index is 1310. The van der Waals surface area contributed by atoms with Gasteiger partial charge in [-0.05, 0) is 35.7 Å². The number of benzene rings is 3. The Morgan fingerprint density at radius 3 is 2.35 bits per heavy atom. The molecule has 0 aromatic heterocycles. The molecule has 4 rings (SSSR count). The molecule has 0 bridgehead atoms. The summed E-state index contributed by atoms with van der Waals surface area (Å²) in [6, 6.07) is 23.7. The fourth-order valence-electron chi connectivity index (χ4n) is 4.53. The summed E-state index contributed by atoms with van der Waals surface area (Å²) in [4.78, 5) is 14.7.